The Bertz CT molecular complexity index is 577. The van der Waals surface area contributed by atoms with E-state index >= 15 is 0 Å². The number of piperidine rings is 1. The monoisotopic (exact) mass is 319 g/mol. The first-order chi connectivity index (χ1) is 9.22. The molecule has 1 aromatic carbocycles. The van der Waals surface area contributed by atoms with E-state index in [9.17, 15) is 0 Å². The van der Waals surface area contributed by atoms with Gasteiger partial charge in [0, 0.05) is 27.8 Å². The zero-order chi connectivity index (χ0) is 13.2. The molecule has 1 N–H and O–H groups in total. The number of pyridine rings is 1. The van der Waals surface area contributed by atoms with E-state index < -0.39 is 0 Å². The molecule has 2 heterocycles. The topological polar surface area (TPSA) is 28.2 Å². The van der Waals surface area contributed by atoms with Crippen LogP contribution in [0.15, 0.2) is 34.9 Å². The normalized spacial score (nSPS) is 17.8. The Morgan fingerprint density at radius 3 is 2.84 bits per heavy atom. The maximum absolute atomic E-state index is 4.43. The van der Waals surface area contributed by atoms with Gasteiger partial charge in [-0.15, -0.1) is 0 Å². The summed E-state index contributed by atoms with van der Waals surface area (Å²) in [6.07, 6.45) is 4.29. The molecule has 1 saturated heterocycles. The van der Waals surface area contributed by atoms with Gasteiger partial charge in [-0.05, 0) is 57.2 Å². The minimum absolute atomic E-state index is 0.574. The first kappa shape index (κ1) is 12.9. The molecule has 0 unspecified atom stereocenters. The van der Waals surface area contributed by atoms with Crippen molar-refractivity contribution < 1.29 is 0 Å². The maximum Gasteiger partial charge on any atom is 0.0733 e. The van der Waals surface area contributed by atoms with Crippen LogP contribution in [-0.4, -0.2) is 36.1 Å². The third-order valence-electron chi connectivity index (χ3n) is 3.78. The summed E-state index contributed by atoms with van der Waals surface area (Å²) in [7, 11) is 2.19. The second-order valence-corrected chi connectivity index (χ2v) is 6.16. The smallest absolute Gasteiger partial charge is 0.0733 e. The number of nitrogens with zero attached hydrogens (tertiary/aromatic N) is 2. The molecule has 4 heteroatoms. The van der Waals surface area contributed by atoms with Crippen molar-refractivity contribution in [3.8, 4) is 0 Å². The predicted molar refractivity (Wildman–Crippen MR) is 83.6 cm³/mol. The number of benzene rings is 1. The van der Waals surface area contributed by atoms with Crippen LogP contribution < -0.4 is 5.32 Å². The number of halogens is 1. The van der Waals surface area contributed by atoms with Crippen molar-refractivity contribution in [2.45, 2.75) is 18.9 Å². The lowest BCUT2D eigenvalue weighted by atomic mass is 10.0. The molecule has 0 radical (unpaired) electrons. The van der Waals surface area contributed by atoms with Gasteiger partial charge in [0.1, 0.15) is 0 Å². The Kier molecular flexibility index (Phi) is 3.71. The number of hydrogen-bond donors (Lipinski definition) is 1. The molecule has 1 aliphatic rings. The van der Waals surface area contributed by atoms with Crippen LogP contribution in [0.25, 0.3) is 10.9 Å². The molecule has 19 heavy (non-hydrogen) atoms. The SMILES string of the molecule is CN1CCC(Nc2ccnc3cc(Br)ccc23)CC1. The molecule has 1 aromatic heterocycles. The molecular weight excluding hydrogens is 302 g/mol. The number of fused-ring (bicyclic) bond motifs is 1. The molecular formula is C15H18BrN3. The van der Waals surface area contributed by atoms with Gasteiger partial charge in [-0.2, -0.15) is 0 Å². The van der Waals surface area contributed by atoms with Crippen LogP contribution in [0.5, 0.6) is 0 Å². The highest BCUT2D eigenvalue weighted by atomic mass is 79.9. The molecule has 0 amide bonds. The summed E-state index contributed by atoms with van der Waals surface area (Å²) in [5.41, 5.74) is 2.24. The van der Waals surface area contributed by atoms with Gasteiger partial charge in [0.15, 0.2) is 0 Å². The first-order valence-corrected chi connectivity index (χ1v) is 7.51. The first-order valence-electron chi connectivity index (χ1n) is 6.72. The summed E-state index contributed by atoms with van der Waals surface area (Å²) in [4.78, 5) is 6.82. The molecule has 3 rings (SSSR count). The van der Waals surface area contributed by atoms with E-state index in [0.29, 0.717) is 6.04 Å². The number of rotatable bonds is 2. The third-order valence-corrected chi connectivity index (χ3v) is 4.28. The Balaban J connectivity index is 1.84. The number of anilines is 1. The van der Waals surface area contributed by atoms with E-state index in [2.05, 4.69) is 62.4 Å². The lowest BCUT2D eigenvalue weighted by Gasteiger charge is -2.30. The van der Waals surface area contributed by atoms with Crippen molar-refractivity contribution in [3.63, 3.8) is 0 Å². The summed E-state index contributed by atoms with van der Waals surface area (Å²) in [6, 6.07) is 8.92. The Labute approximate surface area is 122 Å². The Morgan fingerprint density at radius 1 is 1.26 bits per heavy atom. The number of likely N-dealkylation sites (tertiary alicyclic amines) is 1. The molecule has 0 aliphatic carbocycles. The van der Waals surface area contributed by atoms with Crippen molar-refractivity contribution in [1.82, 2.24) is 9.88 Å². The maximum atomic E-state index is 4.43. The van der Waals surface area contributed by atoms with Gasteiger partial charge in [0.2, 0.25) is 0 Å². The molecule has 1 aliphatic heterocycles. The van der Waals surface area contributed by atoms with Crippen molar-refractivity contribution >= 4 is 32.5 Å². The van der Waals surface area contributed by atoms with Crippen molar-refractivity contribution in [1.29, 1.82) is 0 Å². The number of hydrogen-bond acceptors (Lipinski definition) is 3. The molecule has 2 aromatic rings. The summed E-state index contributed by atoms with van der Waals surface area (Å²) in [6.45, 7) is 2.35. The fourth-order valence-corrected chi connectivity index (χ4v) is 2.97. The number of nitrogens with one attached hydrogen (secondary N) is 1. The van der Waals surface area contributed by atoms with Gasteiger partial charge in [0.25, 0.3) is 0 Å². The quantitative estimate of drug-likeness (QED) is 0.918. The molecule has 0 spiro atoms. The molecule has 1 fully saturated rings. The van der Waals surface area contributed by atoms with E-state index in [1.54, 1.807) is 0 Å². The van der Waals surface area contributed by atoms with Crippen LogP contribution in [0.2, 0.25) is 0 Å². The minimum atomic E-state index is 0.574. The van der Waals surface area contributed by atoms with Gasteiger partial charge < -0.3 is 10.2 Å². The van der Waals surface area contributed by atoms with Crippen molar-refractivity contribution in [2.75, 3.05) is 25.5 Å². The average molecular weight is 320 g/mol. The summed E-state index contributed by atoms with van der Waals surface area (Å²) in [5.74, 6) is 0. The molecule has 0 saturated carbocycles. The second-order valence-electron chi connectivity index (χ2n) is 5.24. The molecule has 3 nitrogen and oxygen atoms in total. The number of aromatic nitrogens is 1. The average Bonchev–Trinajstić information content (AvgIpc) is 2.41. The van der Waals surface area contributed by atoms with Crippen LogP contribution in [0.4, 0.5) is 5.69 Å². The Hall–Kier alpha value is -1.13. The Morgan fingerprint density at radius 2 is 2.05 bits per heavy atom. The third kappa shape index (κ3) is 2.90. The highest BCUT2D eigenvalue weighted by Crippen LogP contribution is 2.26. The molecule has 0 atom stereocenters. The summed E-state index contributed by atoms with van der Waals surface area (Å²) >= 11 is 3.50. The predicted octanol–water partition coefficient (Wildman–Crippen LogP) is 3.50. The van der Waals surface area contributed by atoms with Crippen molar-refractivity contribution in [3.05, 3.63) is 34.9 Å². The zero-order valence-electron chi connectivity index (χ0n) is 11.1. The van der Waals surface area contributed by atoms with Gasteiger partial charge in [-0.1, -0.05) is 15.9 Å². The van der Waals surface area contributed by atoms with Gasteiger partial charge in [-0.3, -0.25) is 4.98 Å². The van der Waals surface area contributed by atoms with Crippen LogP contribution in [0.3, 0.4) is 0 Å². The largest absolute Gasteiger partial charge is 0.382 e. The van der Waals surface area contributed by atoms with Crippen LogP contribution in [-0.2, 0) is 0 Å². The lowest BCUT2D eigenvalue weighted by molar-refractivity contribution is 0.264. The minimum Gasteiger partial charge on any atom is -0.382 e. The van der Waals surface area contributed by atoms with Gasteiger partial charge in [0.05, 0.1) is 5.52 Å². The van der Waals surface area contributed by atoms with Crippen molar-refractivity contribution in [2.24, 2.45) is 0 Å². The van der Waals surface area contributed by atoms with Gasteiger partial charge >= 0.3 is 0 Å². The fourth-order valence-electron chi connectivity index (χ4n) is 2.62. The highest BCUT2D eigenvalue weighted by molar-refractivity contribution is 9.10. The summed E-state index contributed by atoms with van der Waals surface area (Å²) in [5, 5.41) is 4.88. The van der Waals surface area contributed by atoms with E-state index in [4.69, 9.17) is 0 Å². The zero-order valence-corrected chi connectivity index (χ0v) is 12.7. The fraction of sp³-hybridized carbons (Fsp3) is 0.400. The second kappa shape index (κ2) is 5.47. The van der Waals surface area contributed by atoms with Crippen LogP contribution in [0, 0.1) is 0 Å². The molecule has 0 bridgehead atoms. The standard InChI is InChI=1S/C15H18BrN3/c1-19-8-5-12(6-9-19)18-14-4-7-17-15-10-11(16)2-3-13(14)15/h2-4,7,10,12H,5-6,8-9H2,1H3,(H,17,18). The molecule has 100 valence electrons. The van der Waals surface area contributed by atoms with E-state index in [1.807, 2.05) is 6.20 Å². The van der Waals surface area contributed by atoms with E-state index in [-0.39, 0.29) is 0 Å². The summed E-state index contributed by atoms with van der Waals surface area (Å²) < 4.78 is 1.07. The lowest BCUT2D eigenvalue weighted by Crippen LogP contribution is -2.36. The van der Waals surface area contributed by atoms with Gasteiger partial charge in [-0.25, -0.2) is 0 Å². The van der Waals surface area contributed by atoms with E-state index in [0.717, 1.165) is 9.99 Å². The highest BCUT2D eigenvalue weighted by Gasteiger charge is 2.17. The van der Waals surface area contributed by atoms with E-state index in [1.165, 1.54) is 37.0 Å². The van der Waals surface area contributed by atoms with Crippen LogP contribution >= 0.6 is 15.9 Å². The van der Waals surface area contributed by atoms with Crippen LogP contribution in [0.1, 0.15) is 12.8 Å².